The van der Waals surface area contributed by atoms with Crippen LogP contribution in [0.2, 0.25) is 0 Å². The van der Waals surface area contributed by atoms with Crippen molar-refractivity contribution < 1.29 is 14.3 Å². The molecule has 0 fully saturated rings. The highest BCUT2D eigenvalue weighted by Gasteiger charge is 2.27. The molecule has 2 aromatic rings. The minimum Gasteiger partial charge on any atom is -0.497 e. The van der Waals surface area contributed by atoms with E-state index in [9.17, 15) is 9.59 Å². The van der Waals surface area contributed by atoms with Crippen LogP contribution in [-0.4, -0.2) is 48.4 Å². The smallest absolute Gasteiger partial charge is 0.251 e. The molecule has 0 radical (unpaired) electrons. The number of carbonyl (C=O) groups excluding carboxylic acids is 2. The van der Waals surface area contributed by atoms with Gasteiger partial charge in [0, 0.05) is 37.5 Å². The number of methoxy groups -OCH3 is 1. The van der Waals surface area contributed by atoms with E-state index >= 15 is 0 Å². The van der Waals surface area contributed by atoms with E-state index in [-0.39, 0.29) is 17.7 Å². The second kappa shape index (κ2) is 9.71. The Bertz CT molecular complexity index is 745. The molecule has 1 aromatic carbocycles. The molecule has 1 unspecified atom stereocenters. The van der Waals surface area contributed by atoms with E-state index in [2.05, 4.69) is 10.3 Å². The highest BCUT2D eigenvalue weighted by molar-refractivity contribution is 5.97. The SMILES string of the molecule is COc1ccc(C(=O)NC(C(=O)N(C)CCc2ccccn2)C(C)C)cc1. The van der Waals surface area contributed by atoms with Gasteiger partial charge in [-0.1, -0.05) is 19.9 Å². The number of hydrogen-bond acceptors (Lipinski definition) is 4. The lowest BCUT2D eigenvalue weighted by Crippen LogP contribution is -2.50. The van der Waals surface area contributed by atoms with Gasteiger partial charge in [0.15, 0.2) is 0 Å². The van der Waals surface area contributed by atoms with Gasteiger partial charge < -0.3 is 15.0 Å². The van der Waals surface area contributed by atoms with Crippen LogP contribution in [0.5, 0.6) is 5.75 Å². The molecule has 2 amide bonds. The van der Waals surface area contributed by atoms with Crippen LogP contribution >= 0.6 is 0 Å². The summed E-state index contributed by atoms with van der Waals surface area (Å²) in [6, 6.07) is 11.9. The first-order valence-electron chi connectivity index (χ1n) is 9.02. The van der Waals surface area contributed by atoms with E-state index in [1.165, 1.54) is 0 Å². The molecule has 144 valence electrons. The number of carbonyl (C=O) groups is 2. The molecule has 0 saturated heterocycles. The maximum absolute atomic E-state index is 12.8. The molecule has 1 N–H and O–H groups in total. The molecule has 1 aromatic heterocycles. The van der Waals surface area contributed by atoms with Gasteiger partial charge in [-0.15, -0.1) is 0 Å². The van der Waals surface area contributed by atoms with Crippen molar-refractivity contribution in [2.24, 2.45) is 5.92 Å². The van der Waals surface area contributed by atoms with Crippen LogP contribution in [-0.2, 0) is 11.2 Å². The minimum atomic E-state index is -0.590. The third kappa shape index (κ3) is 5.81. The van der Waals surface area contributed by atoms with E-state index in [1.54, 1.807) is 49.5 Å². The van der Waals surface area contributed by atoms with Crippen LogP contribution in [0.1, 0.15) is 29.9 Å². The molecule has 27 heavy (non-hydrogen) atoms. The summed E-state index contributed by atoms with van der Waals surface area (Å²) in [7, 11) is 3.32. The number of aromatic nitrogens is 1. The van der Waals surface area contributed by atoms with Crippen molar-refractivity contribution in [1.82, 2.24) is 15.2 Å². The number of amides is 2. The van der Waals surface area contributed by atoms with E-state index in [1.807, 2.05) is 32.0 Å². The summed E-state index contributed by atoms with van der Waals surface area (Å²) >= 11 is 0. The van der Waals surface area contributed by atoms with Gasteiger partial charge >= 0.3 is 0 Å². The van der Waals surface area contributed by atoms with Gasteiger partial charge in [0.05, 0.1) is 7.11 Å². The van der Waals surface area contributed by atoms with Crippen LogP contribution in [0, 0.1) is 5.92 Å². The Hall–Kier alpha value is -2.89. The summed E-state index contributed by atoms with van der Waals surface area (Å²) < 4.78 is 5.10. The summed E-state index contributed by atoms with van der Waals surface area (Å²) in [6.45, 7) is 4.38. The van der Waals surface area contributed by atoms with E-state index < -0.39 is 6.04 Å². The van der Waals surface area contributed by atoms with E-state index in [0.717, 1.165) is 5.69 Å². The number of benzene rings is 1. The fourth-order valence-corrected chi connectivity index (χ4v) is 2.66. The van der Waals surface area contributed by atoms with Crippen LogP contribution in [0.3, 0.4) is 0 Å². The van der Waals surface area contributed by atoms with Gasteiger partial charge in [-0.3, -0.25) is 14.6 Å². The lowest BCUT2D eigenvalue weighted by molar-refractivity contribution is -0.133. The van der Waals surface area contributed by atoms with Gasteiger partial charge in [0.2, 0.25) is 5.91 Å². The second-order valence-corrected chi connectivity index (χ2v) is 6.75. The molecule has 6 heteroatoms. The fourth-order valence-electron chi connectivity index (χ4n) is 2.66. The van der Waals surface area contributed by atoms with Crippen LogP contribution in [0.15, 0.2) is 48.7 Å². The molecular weight excluding hydrogens is 342 g/mol. The van der Waals surface area contributed by atoms with Gasteiger partial charge in [-0.25, -0.2) is 0 Å². The van der Waals surface area contributed by atoms with Crippen molar-refractivity contribution in [3.63, 3.8) is 0 Å². The Kier molecular flexibility index (Phi) is 7.34. The summed E-state index contributed by atoms with van der Waals surface area (Å²) in [5.41, 5.74) is 1.42. The number of pyridine rings is 1. The molecule has 0 saturated carbocycles. The van der Waals surface area contributed by atoms with Crippen molar-refractivity contribution in [2.45, 2.75) is 26.3 Å². The van der Waals surface area contributed by atoms with Gasteiger partial charge in [-0.05, 0) is 42.3 Å². The highest BCUT2D eigenvalue weighted by Crippen LogP contribution is 2.13. The number of ether oxygens (including phenoxy) is 1. The normalized spacial score (nSPS) is 11.7. The molecule has 0 bridgehead atoms. The first-order chi connectivity index (χ1) is 12.9. The lowest BCUT2D eigenvalue weighted by atomic mass is 10.0. The number of nitrogens with zero attached hydrogens (tertiary/aromatic N) is 2. The molecule has 0 spiro atoms. The zero-order chi connectivity index (χ0) is 19.8. The standard InChI is InChI=1S/C21H27N3O3/c1-15(2)19(23-20(25)16-8-10-18(27-4)11-9-16)21(26)24(3)14-12-17-7-5-6-13-22-17/h5-11,13,15,19H,12,14H2,1-4H3,(H,23,25). The number of rotatable bonds is 8. The molecule has 1 atom stereocenters. The van der Waals surface area contributed by atoms with Crippen molar-refractivity contribution in [2.75, 3.05) is 20.7 Å². The number of likely N-dealkylation sites (N-methyl/N-ethyl adjacent to an activating group) is 1. The predicted octanol–water partition coefficient (Wildman–Crippen LogP) is 2.55. The van der Waals surface area contributed by atoms with Crippen molar-refractivity contribution in [1.29, 1.82) is 0 Å². The van der Waals surface area contributed by atoms with E-state index in [4.69, 9.17) is 4.74 Å². The van der Waals surface area contributed by atoms with Crippen molar-refractivity contribution in [3.05, 3.63) is 59.9 Å². The van der Waals surface area contributed by atoms with Crippen LogP contribution in [0.4, 0.5) is 0 Å². The molecule has 6 nitrogen and oxygen atoms in total. The molecule has 1 heterocycles. The third-order valence-electron chi connectivity index (χ3n) is 4.38. The maximum Gasteiger partial charge on any atom is 0.251 e. The molecule has 2 rings (SSSR count). The fraction of sp³-hybridized carbons (Fsp3) is 0.381. The van der Waals surface area contributed by atoms with Gasteiger partial charge in [-0.2, -0.15) is 0 Å². The first kappa shape index (κ1) is 20.4. The largest absolute Gasteiger partial charge is 0.497 e. The highest BCUT2D eigenvalue weighted by atomic mass is 16.5. The summed E-state index contributed by atoms with van der Waals surface area (Å²) in [5.74, 6) is 0.264. The molecule has 0 aliphatic rings. The Morgan fingerprint density at radius 2 is 1.85 bits per heavy atom. The topological polar surface area (TPSA) is 71.5 Å². The maximum atomic E-state index is 12.8. The third-order valence-corrected chi connectivity index (χ3v) is 4.38. The number of nitrogens with one attached hydrogen (secondary N) is 1. The summed E-state index contributed by atoms with van der Waals surface area (Å²) in [5, 5.41) is 2.86. The van der Waals surface area contributed by atoms with Gasteiger partial charge in [0.1, 0.15) is 11.8 Å². The average molecular weight is 369 g/mol. The monoisotopic (exact) mass is 369 g/mol. The zero-order valence-electron chi connectivity index (χ0n) is 16.3. The first-order valence-corrected chi connectivity index (χ1v) is 9.02. The average Bonchev–Trinajstić information content (AvgIpc) is 2.70. The number of hydrogen-bond donors (Lipinski definition) is 1. The van der Waals surface area contributed by atoms with E-state index in [0.29, 0.717) is 24.3 Å². The molecular formula is C21H27N3O3. The zero-order valence-corrected chi connectivity index (χ0v) is 16.3. The summed E-state index contributed by atoms with van der Waals surface area (Å²) in [4.78, 5) is 31.3. The van der Waals surface area contributed by atoms with Crippen molar-refractivity contribution >= 4 is 11.8 Å². The Morgan fingerprint density at radius 3 is 2.41 bits per heavy atom. The molecule has 0 aliphatic heterocycles. The van der Waals surface area contributed by atoms with Crippen molar-refractivity contribution in [3.8, 4) is 5.75 Å². The minimum absolute atomic E-state index is 0.0306. The molecule has 0 aliphatic carbocycles. The lowest BCUT2D eigenvalue weighted by Gasteiger charge is -2.27. The Labute approximate surface area is 160 Å². The van der Waals surface area contributed by atoms with Crippen LogP contribution < -0.4 is 10.1 Å². The Morgan fingerprint density at radius 1 is 1.15 bits per heavy atom. The second-order valence-electron chi connectivity index (χ2n) is 6.75. The quantitative estimate of drug-likeness (QED) is 0.776. The Balaban J connectivity index is 1.99. The van der Waals surface area contributed by atoms with Crippen LogP contribution in [0.25, 0.3) is 0 Å². The van der Waals surface area contributed by atoms with Gasteiger partial charge in [0.25, 0.3) is 5.91 Å². The predicted molar refractivity (Wildman–Crippen MR) is 105 cm³/mol. The summed E-state index contributed by atoms with van der Waals surface area (Å²) in [6.07, 6.45) is 2.41.